The van der Waals surface area contributed by atoms with Crippen molar-refractivity contribution in [2.75, 3.05) is 33.2 Å². The van der Waals surface area contributed by atoms with Crippen molar-refractivity contribution in [3.8, 4) is 0 Å². The molecule has 0 unspecified atom stereocenters. The molecule has 0 saturated carbocycles. The zero-order chi connectivity index (χ0) is 19.6. The molecule has 0 aliphatic carbocycles. The number of aliphatic imine (C=N–C) groups is 1. The van der Waals surface area contributed by atoms with E-state index in [9.17, 15) is 4.79 Å². The Morgan fingerprint density at radius 1 is 1.03 bits per heavy atom. The Morgan fingerprint density at radius 2 is 1.72 bits per heavy atom. The molecule has 2 N–H and O–H groups in total. The predicted molar refractivity (Wildman–Crippen MR) is 131 cm³/mol. The highest BCUT2D eigenvalue weighted by Crippen LogP contribution is 2.21. The summed E-state index contributed by atoms with van der Waals surface area (Å²) < 4.78 is 0. The molecule has 0 spiro atoms. The van der Waals surface area contributed by atoms with Gasteiger partial charge in [0, 0.05) is 26.7 Å². The third-order valence-corrected chi connectivity index (χ3v) is 4.85. The van der Waals surface area contributed by atoms with Gasteiger partial charge in [0.15, 0.2) is 5.96 Å². The van der Waals surface area contributed by atoms with Gasteiger partial charge in [0.2, 0.25) is 5.91 Å². The third kappa shape index (κ3) is 7.20. The minimum atomic E-state index is -0.0189. The number of amides is 1. The van der Waals surface area contributed by atoms with Gasteiger partial charge in [-0.1, -0.05) is 66.7 Å². The highest BCUT2D eigenvalue weighted by Gasteiger charge is 2.16. The summed E-state index contributed by atoms with van der Waals surface area (Å²) >= 11 is 0. The van der Waals surface area contributed by atoms with Crippen molar-refractivity contribution in [1.29, 1.82) is 0 Å². The maximum atomic E-state index is 12.1. The van der Waals surface area contributed by atoms with Crippen molar-refractivity contribution in [3.63, 3.8) is 0 Å². The molecule has 154 valence electrons. The summed E-state index contributed by atoms with van der Waals surface area (Å²) in [6, 6.07) is 20.6. The monoisotopic (exact) mass is 504 g/mol. The van der Waals surface area contributed by atoms with Crippen molar-refractivity contribution in [1.82, 2.24) is 15.5 Å². The largest absolute Gasteiger partial charge is 0.354 e. The Kier molecular flexibility index (Phi) is 9.70. The molecule has 6 heteroatoms. The summed E-state index contributed by atoms with van der Waals surface area (Å²) in [7, 11) is 1.76. The van der Waals surface area contributed by atoms with Gasteiger partial charge >= 0.3 is 0 Å². The van der Waals surface area contributed by atoms with Crippen LogP contribution >= 0.6 is 24.0 Å². The molecule has 0 aromatic heterocycles. The van der Waals surface area contributed by atoms with Crippen LogP contribution in [-0.2, 0) is 11.2 Å². The number of nitrogens with one attached hydrogen (secondary N) is 2. The Morgan fingerprint density at radius 3 is 2.34 bits per heavy atom. The van der Waals surface area contributed by atoms with E-state index in [1.165, 1.54) is 16.7 Å². The predicted octanol–water partition coefficient (Wildman–Crippen LogP) is 3.33. The highest BCUT2D eigenvalue weighted by atomic mass is 127. The van der Waals surface area contributed by atoms with Crippen LogP contribution in [0.3, 0.4) is 0 Å². The van der Waals surface area contributed by atoms with Crippen LogP contribution in [0.4, 0.5) is 0 Å². The van der Waals surface area contributed by atoms with Crippen LogP contribution in [0.25, 0.3) is 5.57 Å². The van der Waals surface area contributed by atoms with Gasteiger partial charge in [0.1, 0.15) is 0 Å². The van der Waals surface area contributed by atoms with Gasteiger partial charge in [0.05, 0.1) is 6.54 Å². The van der Waals surface area contributed by atoms with E-state index in [0.29, 0.717) is 6.54 Å². The molecule has 0 fully saturated rings. The first-order valence-electron chi connectivity index (χ1n) is 9.77. The van der Waals surface area contributed by atoms with E-state index in [1.54, 1.807) is 7.05 Å². The Bertz CT molecular complexity index is 821. The molecule has 3 rings (SSSR count). The molecule has 0 radical (unpaired) electrons. The Hall–Kier alpha value is -2.35. The van der Waals surface area contributed by atoms with E-state index in [1.807, 2.05) is 24.3 Å². The summed E-state index contributed by atoms with van der Waals surface area (Å²) in [5.74, 6) is 0.746. The van der Waals surface area contributed by atoms with Gasteiger partial charge in [-0.3, -0.25) is 9.79 Å². The fraction of sp³-hybridized carbons (Fsp3) is 0.304. The fourth-order valence-corrected chi connectivity index (χ4v) is 3.32. The van der Waals surface area contributed by atoms with Gasteiger partial charge in [-0.2, -0.15) is 0 Å². The Labute approximate surface area is 190 Å². The second-order valence-electron chi connectivity index (χ2n) is 6.78. The minimum Gasteiger partial charge on any atom is -0.354 e. The van der Waals surface area contributed by atoms with Gasteiger partial charge in [0.25, 0.3) is 0 Å². The van der Waals surface area contributed by atoms with Gasteiger partial charge in [-0.15, -0.1) is 24.0 Å². The molecule has 1 aliphatic rings. The van der Waals surface area contributed by atoms with Crippen LogP contribution in [0.1, 0.15) is 17.5 Å². The first kappa shape index (κ1) is 22.9. The normalized spacial score (nSPS) is 13.9. The number of hydrogen-bond donors (Lipinski definition) is 2. The van der Waals surface area contributed by atoms with Crippen molar-refractivity contribution >= 4 is 41.4 Å². The van der Waals surface area contributed by atoms with Gasteiger partial charge in [-0.25, -0.2) is 0 Å². The molecular formula is C23H29IN4O. The number of carbonyl (C=O) groups excluding carboxylic acids is 1. The summed E-state index contributed by atoms with van der Waals surface area (Å²) in [6.45, 7) is 2.54. The Balaban J connectivity index is 0.00000300. The van der Waals surface area contributed by atoms with Gasteiger partial charge in [-0.05, 0) is 29.5 Å². The van der Waals surface area contributed by atoms with Crippen molar-refractivity contribution in [2.45, 2.75) is 12.8 Å². The lowest BCUT2D eigenvalue weighted by Crippen LogP contribution is -2.47. The lowest BCUT2D eigenvalue weighted by Gasteiger charge is -2.29. The van der Waals surface area contributed by atoms with Crippen LogP contribution in [0.2, 0.25) is 0 Å². The smallest absolute Gasteiger partial charge is 0.239 e. The first-order valence-corrected chi connectivity index (χ1v) is 9.77. The molecule has 1 heterocycles. The van der Waals surface area contributed by atoms with Crippen LogP contribution < -0.4 is 10.6 Å². The zero-order valence-corrected chi connectivity index (χ0v) is 19.1. The maximum Gasteiger partial charge on any atom is 0.239 e. The second kappa shape index (κ2) is 12.3. The number of rotatable bonds is 6. The van der Waals surface area contributed by atoms with E-state index in [2.05, 4.69) is 63.0 Å². The number of nitrogens with zero attached hydrogens (tertiary/aromatic N) is 2. The van der Waals surface area contributed by atoms with E-state index < -0.39 is 0 Å². The second-order valence-corrected chi connectivity index (χ2v) is 6.78. The molecule has 5 nitrogen and oxygen atoms in total. The molecule has 1 amide bonds. The summed E-state index contributed by atoms with van der Waals surface area (Å²) in [5.41, 5.74) is 3.87. The number of hydrogen-bond acceptors (Lipinski definition) is 2. The lowest BCUT2D eigenvalue weighted by molar-refractivity contribution is -0.120. The number of carbonyl (C=O) groups is 1. The van der Waals surface area contributed by atoms with E-state index in [0.717, 1.165) is 31.9 Å². The average Bonchev–Trinajstić information content (AvgIpc) is 2.76. The quantitative estimate of drug-likeness (QED) is 0.361. The van der Waals surface area contributed by atoms with Crippen LogP contribution in [0, 0.1) is 0 Å². The number of guanidine groups is 1. The molecule has 1 aliphatic heterocycles. The van der Waals surface area contributed by atoms with Crippen LogP contribution in [-0.4, -0.2) is 50.0 Å². The lowest BCUT2D eigenvalue weighted by atomic mass is 10.00. The molecule has 29 heavy (non-hydrogen) atoms. The molecule has 2 aromatic rings. The molecular weight excluding hydrogens is 475 g/mol. The molecule has 2 aromatic carbocycles. The highest BCUT2D eigenvalue weighted by molar-refractivity contribution is 14.0. The fourth-order valence-electron chi connectivity index (χ4n) is 3.32. The van der Waals surface area contributed by atoms with Crippen LogP contribution in [0.15, 0.2) is 71.7 Å². The first-order chi connectivity index (χ1) is 13.8. The number of halogens is 1. The van der Waals surface area contributed by atoms with E-state index >= 15 is 0 Å². The van der Waals surface area contributed by atoms with E-state index in [-0.39, 0.29) is 36.4 Å². The summed E-state index contributed by atoms with van der Waals surface area (Å²) in [6.07, 6.45) is 4.04. The minimum absolute atomic E-state index is 0. The average molecular weight is 504 g/mol. The van der Waals surface area contributed by atoms with Crippen molar-refractivity contribution in [3.05, 3.63) is 77.9 Å². The standard InChI is InChI=1S/C23H28N4O.HI/c1-24-23(26-18-22(28)25-15-12-19-8-4-2-5-9-19)27-16-13-21(14-17-27)20-10-6-3-7-11-20;/h2-11,13H,12,14-18H2,1H3,(H,24,26)(H,25,28);1H. The maximum absolute atomic E-state index is 12.1. The topological polar surface area (TPSA) is 56.7 Å². The molecule has 0 atom stereocenters. The molecule has 0 saturated heterocycles. The third-order valence-electron chi connectivity index (χ3n) is 4.85. The molecule has 0 bridgehead atoms. The van der Waals surface area contributed by atoms with Crippen LogP contribution in [0.5, 0.6) is 0 Å². The zero-order valence-electron chi connectivity index (χ0n) is 16.8. The summed E-state index contributed by atoms with van der Waals surface area (Å²) in [4.78, 5) is 18.6. The summed E-state index contributed by atoms with van der Waals surface area (Å²) in [5, 5.41) is 6.13. The van der Waals surface area contributed by atoms with Crippen molar-refractivity contribution < 1.29 is 4.79 Å². The number of benzene rings is 2. The van der Waals surface area contributed by atoms with Crippen molar-refractivity contribution in [2.24, 2.45) is 4.99 Å². The van der Waals surface area contributed by atoms with E-state index in [4.69, 9.17) is 0 Å². The van der Waals surface area contributed by atoms with Gasteiger partial charge < -0.3 is 15.5 Å². The SMILES string of the molecule is CN=C(NCC(=O)NCCc1ccccc1)N1CC=C(c2ccccc2)CC1.I.